The Labute approximate surface area is 74.7 Å². The molecule has 0 radical (unpaired) electrons. The van der Waals surface area contributed by atoms with Gasteiger partial charge in [-0.05, 0) is 25.0 Å². The Hall–Kier alpha value is -1.25. The van der Waals surface area contributed by atoms with Crippen LogP contribution in [0, 0.1) is 17.5 Å². The second kappa shape index (κ2) is 4.12. The lowest BCUT2D eigenvalue weighted by Gasteiger charge is -2.00. The lowest BCUT2D eigenvalue weighted by atomic mass is 10.1. The maximum absolute atomic E-state index is 12.9. The topological polar surface area (TPSA) is 0 Å². The van der Waals surface area contributed by atoms with Crippen LogP contribution in [0.25, 0.3) is 0 Å². The molecule has 0 aliphatic rings. The van der Waals surface area contributed by atoms with Gasteiger partial charge in [0.15, 0.2) is 11.6 Å². The minimum Gasteiger partial charge on any atom is -0.207 e. The first-order valence-corrected chi connectivity index (χ1v) is 3.89. The van der Waals surface area contributed by atoms with E-state index in [9.17, 15) is 13.2 Å². The van der Waals surface area contributed by atoms with E-state index >= 15 is 0 Å². The number of benzene rings is 1. The van der Waals surface area contributed by atoms with E-state index in [0.29, 0.717) is 6.07 Å². The van der Waals surface area contributed by atoms with Crippen molar-refractivity contribution in [2.75, 3.05) is 0 Å². The van der Waals surface area contributed by atoms with Crippen LogP contribution in [0.5, 0.6) is 0 Å². The van der Waals surface area contributed by atoms with Crippen LogP contribution in [-0.4, -0.2) is 0 Å². The van der Waals surface area contributed by atoms with Gasteiger partial charge in [0, 0.05) is 6.07 Å². The lowest BCUT2D eigenvalue weighted by Crippen LogP contribution is -1.93. The van der Waals surface area contributed by atoms with Crippen molar-refractivity contribution >= 4 is 0 Å². The van der Waals surface area contributed by atoms with Crippen LogP contribution in [0.15, 0.2) is 24.3 Å². The SMILES string of the molecule is C/C=C/Cc1cc(F)c(F)cc1F. The third-order valence-electron chi connectivity index (χ3n) is 1.66. The van der Waals surface area contributed by atoms with Crippen LogP contribution in [0.2, 0.25) is 0 Å². The Bertz CT molecular complexity index is 329. The molecule has 70 valence electrons. The number of halogens is 3. The van der Waals surface area contributed by atoms with E-state index in [1.807, 2.05) is 0 Å². The van der Waals surface area contributed by atoms with Crippen molar-refractivity contribution in [1.82, 2.24) is 0 Å². The monoisotopic (exact) mass is 186 g/mol. The summed E-state index contributed by atoms with van der Waals surface area (Å²) in [6.07, 6.45) is 3.68. The Morgan fingerprint density at radius 1 is 1.08 bits per heavy atom. The van der Waals surface area contributed by atoms with Gasteiger partial charge in [0.25, 0.3) is 0 Å². The Balaban J connectivity index is 3.01. The van der Waals surface area contributed by atoms with Crippen LogP contribution in [-0.2, 0) is 6.42 Å². The van der Waals surface area contributed by atoms with Gasteiger partial charge in [0.1, 0.15) is 5.82 Å². The van der Waals surface area contributed by atoms with E-state index in [-0.39, 0.29) is 12.0 Å². The normalized spacial score (nSPS) is 11.1. The summed E-state index contributed by atoms with van der Waals surface area (Å²) >= 11 is 0. The molecule has 1 aromatic carbocycles. The second-order valence-electron chi connectivity index (χ2n) is 2.63. The summed E-state index contributed by atoms with van der Waals surface area (Å²) in [6.45, 7) is 1.78. The molecule has 0 saturated carbocycles. The maximum Gasteiger partial charge on any atom is 0.161 e. The zero-order valence-corrected chi connectivity index (χ0v) is 7.15. The van der Waals surface area contributed by atoms with Crippen molar-refractivity contribution in [1.29, 1.82) is 0 Å². The van der Waals surface area contributed by atoms with Gasteiger partial charge in [0.05, 0.1) is 0 Å². The molecular formula is C10H9F3. The molecule has 0 saturated heterocycles. The lowest BCUT2D eigenvalue weighted by molar-refractivity contribution is 0.491. The van der Waals surface area contributed by atoms with Crippen LogP contribution in [0.1, 0.15) is 12.5 Å². The van der Waals surface area contributed by atoms with Gasteiger partial charge in [-0.15, -0.1) is 0 Å². The van der Waals surface area contributed by atoms with Gasteiger partial charge in [0.2, 0.25) is 0 Å². The van der Waals surface area contributed by atoms with Crippen molar-refractivity contribution in [2.24, 2.45) is 0 Å². The van der Waals surface area contributed by atoms with E-state index in [2.05, 4.69) is 0 Å². The van der Waals surface area contributed by atoms with E-state index in [1.54, 1.807) is 19.1 Å². The summed E-state index contributed by atoms with van der Waals surface area (Å²) in [6, 6.07) is 1.44. The molecule has 0 aromatic heterocycles. The minimum atomic E-state index is -1.15. The highest BCUT2D eigenvalue weighted by atomic mass is 19.2. The quantitative estimate of drug-likeness (QED) is 0.491. The average Bonchev–Trinajstić information content (AvgIpc) is 2.09. The molecule has 0 unspecified atom stereocenters. The zero-order valence-electron chi connectivity index (χ0n) is 7.15. The molecule has 3 heteroatoms. The molecular weight excluding hydrogens is 177 g/mol. The van der Waals surface area contributed by atoms with Crippen molar-refractivity contribution in [2.45, 2.75) is 13.3 Å². The van der Waals surface area contributed by atoms with Gasteiger partial charge >= 0.3 is 0 Å². The Morgan fingerprint density at radius 2 is 1.69 bits per heavy atom. The van der Waals surface area contributed by atoms with E-state index in [4.69, 9.17) is 0 Å². The van der Waals surface area contributed by atoms with Crippen LogP contribution in [0.3, 0.4) is 0 Å². The average molecular weight is 186 g/mol. The minimum absolute atomic E-state index is 0.164. The molecule has 0 amide bonds. The molecule has 0 atom stereocenters. The highest BCUT2D eigenvalue weighted by Gasteiger charge is 2.07. The first-order valence-electron chi connectivity index (χ1n) is 3.89. The Morgan fingerprint density at radius 3 is 2.31 bits per heavy atom. The third-order valence-corrected chi connectivity index (χ3v) is 1.66. The van der Waals surface area contributed by atoms with Crippen molar-refractivity contribution in [3.8, 4) is 0 Å². The molecule has 1 aromatic rings. The Kier molecular flexibility index (Phi) is 3.12. The molecule has 0 heterocycles. The second-order valence-corrected chi connectivity index (χ2v) is 2.63. The molecule has 0 bridgehead atoms. The zero-order chi connectivity index (χ0) is 9.84. The van der Waals surface area contributed by atoms with Crippen molar-refractivity contribution < 1.29 is 13.2 Å². The van der Waals surface area contributed by atoms with Gasteiger partial charge in [-0.3, -0.25) is 0 Å². The predicted molar refractivity (Wildman–Crippen MR) is 44.8 cm³/mol. The molecule has 0 aliphatic carbocycles. The summed E-state index contributed by atoms with van der Waals surface area (Å²) in [4.78, 5) is 0. The number of rotatable bonds is 2. The fourth-order valence-corrected chi connectivity index (χ4v) is 0.965. The van der Waals surface area contributed by atoms with Crippen LogP contribution >= 0.6 is 0 Å². The summed E-state index contributed by atoms with van der Waals surface area (Å²) < 4.78 is 38.0. The number of hydrogen-bond donors (Lipinski definition) is 0. The smallest absolute Gasteiger partial charge is 0.161 e. The van der Waals surface area contributed by atoms with E-state index < -0.39 is 17.5 Å². The summed E-state index contributed by atoms with van der Waals surface area (Å²) in [5, 5.41) is 0. The van der Waals surface area contributed by atoms with Crippen LogP contribution < -0.4 is 0 Å². The summed E-state index contributed by atoms with van der Waals surface area (Å²) in [5.74, 6) is -2.88. The molecule has 0 aliphatic heterocycles. The van der Waals surface area contributed by atoms with Crippen LogP contribution in [0.4, 0.5) is 13.2 Å². The molecule has 1 rings (SSSR count). The maximum atomic E-state index is 12.9. The molecule has 0 N–H and O–H groups in total. The largest absolute Gasteiger partial charge is 0.207 e. The van der Waals surface area contributed by atoms with Gasteiger partial charge < -0.3 is 0 Å². The highest BCUT2D eigenvalue weighted by molar-refractivity contribution is 5.22. The molecule has 0 spiro atoms. The number of allylic oxidation sites excluding steroid dienone is 2. The van der Waals surface area contributed by atoms with Crippen molar-refractivity contribution in [3.63, 3.8) is 0 Å². The van der Waals surface area contributed by atoms with Crippen molar-refractivity contribution in [3.05, 3.63) is 47.3 Å². The van der Waals surface area contributed by atoms with Gasteiger partial charge in [-0.1, -0.05) is 12.2 Å². The fourth-order valence-electron chi connectivity index (χ4n) is 0.965. The standard InChI is InChI=1S/C10H9F3/c1-2-3-4-7-5-9(12)10(13)6-8(7)11/h2-3,5-6H,4H2,1H3/b3-2+. The predicted octanol–water partition coefficient (Wildman–Crippen LogP) is 3.22. The first kappa shape index (κ1) is 9.84. The third kappa shape index (κ3) is 2.34. The number of hydrogen-bond acceptors (Lipinski definition) is 0. The molecule has 13 heavy (non-hydrogen) atoms. The summed E-state index contributed by atoms with van der Waals surface area (Å²) in [5.41, 5.74) is 0.164. The molecule has 0 nitrogen and oxygen atoms in total. The first-order chi connectivity index (χ1) is 6.15. The van der Waals surface area contributed by atoms with Gasteiger partial charge in [-0.25, -0.2) is 13.2 Å². The highest BCUT2D eigenvalue weighted by Crippen LogP contribution is 2.14. The van der Waals surface area contributed by atoms with E-state index in [1.165, 1.54) is 0 Å². The summed E-state index contributed by atoms with van der Waals surface area (Å²) in [7, 11) is 0. The van der Waals surface area contributed by atoms with E-state index in [0.717, 1.165) is 6.07 Å². The fraction of sp³-hybridized carbons (Fsp3) is 0.200. The molecule has 0 fully saturated rings. The van der Waals surface area contributed by atoms with Gasteiger partial charge in [-0.2, -0.15) is 0 Å².